The van der Waals surface area contributed by atoms with Crippen LogP contribution in [0.4, 0.5) is 8.78 Å². The van der Waals surface area contributed by atoms with E-state index in [1.807, 2.05) is 24.3 Å². The number of hydrogen-bond acceptors (Lipinski definition) is 1. The molecule has 0 saturated carbocycles. The molecule has 3 unspecified atom stereocenters. The standard InChI is InChI=1S/C22H26Br2F2O/c1-3-5-7-15(4-2)14-27-18-9-6-8-16(12-18)20-13-17(21(23)25)10-11-19(20)22(24)26/h6,8-13,15,21-22H,3-5,7,14H2,1-2H3. The van der Waals surface area contributed by atoms with Crippen LogP contribution in [0.3, 0.4) is 0 Å². The van der Waals surface area contributed by atoms with Gasteiger partial charge < -0.3 is 4.74 Å². The molecule has 2 aromatic carbocycles. The van der Waals surface area contributed by atoms with E-state index in [4.69, 9.17) is 4.74 Å². The minimum atomic E-state index is -1.32. The zero-order valence-electron chi connectivity index (χ0n) is 15.7. The summed E-state index contributed by atoms with van der Waals surface area (Å²) in [7, 11) is 0. The van der Waals surface area contributed by atoms with E-state index in [-0.39, 0.29) is 0 Å². The summed E-state index contributed by atoms with van der Waals surface area (Å²) >= 11 is 5.93. The van der Waals surface area contributed by atoms with Gasteiger partial charge in [0.15, 0.2) is 10.2 Å². The number of benzene rings is 2. The third-order valence-electron chi connectivity index (χ3n) is 4.74. The Labute approximate surface area is 177 Å². The molecule has 0 aliphatic rings. The Morgan fingerprint density at radius 1 is 1.00 bits per heavy atom. The van der Waals surface area contributed by atoms with E-state index in [0.29, 0.717) is 29.2 Å². The first kappa shape index (κ1) is 22.4. The molecule has 3 atom stereocenters. The molecule has 0 radical (unpaired) electrons. The molecule has 0 fully saturated rings. The van der Waals surface area contributed by atoms with Crippen molar-refractivity contribution in [3.63, 3.8) is 0 Å². The summed E-state index contributed by atoms with van der Waals surface area (Å²) in [5.74, 6) is 1.28. The summed E-state index contributed by atoms with van der Waals surface area (Å²) in [6, 6.07) is 12.5. The third kappa shape index (κ3) is 6.56. The number of alkyl halides is 4. The van der Waals surface area contributed by atoms with Gasteiger partial charge in [-0.3, -0.25) is 0 Å². The van der Waals surface area contributed by atoms with Crippen molar-refractivity contribution in [2.75, 3.05) is 6.61 Å². The Morgan fingerprint density at radius 2 is 1.78 bits per heavy atom. The normalized spacial score (nSPS) is 14.6. The fraction of sp³-hybridized carbons (Fsp3) is 0.455. The molecule has 27 heavy (non-hydrogen) atoms. The summed E-state index contributed by atoms with van der Waals surface area (Å²) in [5.41, 5.74) is 2.39. The lowest BCUT2D eigenvalue weighted by atomic mass is 9.97. The van der Waals surface area contributed by atoms with Crippen molar-refractivity contribution in [1.82, 2.24) is 0 Å². The Balaban J connectivity index is 2.25. The Hall–Kier alpha value is -0.940. The molecule has 0 bridgehead atoms. The van der Waals surface area contributed by atoms with E-state index in [0.717, 1.165) is 24.2 Å². The van der Waals surface area contributed by atoms with Crippen LogP contribution in [-0.2, 0) is 0 Å². The average Bonchev–Trinajstić information content (AvgIpc) is 2.67. The van der Waals surface area contributed by atoms with Gasteiger partial charge in [0, 0.05) is 5.56 Å². The fourth-order valence-corrected chi connectivity index (χ4v) is 3.70. The van der Waals surface area contributed by atoms with Gasteiger partial charge in [-0.25, -0.2) is 8.78 Å². The average molecular weight is 504 g/mol. The quantitative estimate of drug-likeness (QED) is 0.294. The van der Waals surface area contributed by atoms with Crippen molar-refractivity contribution in [3.05, 3.63) is 53.6 Å². The van der Waals surface area contributed by atoms with Gasteiger partial charge in [-0.1, -0.05) is 57.4 Å². The number of rotatable bonds is 10. The molecule has 0 heterocycles. The van der Waals surface area contributed by atoms with Crippen molar-refractivity contribution in [2.45, 2.75) is 49.7 Å². The van der Waals surface area contributed by atoms with Gasteiger partial charge in [-0.05, 0) is 79.1 Å². The summed E-state index contributed by atoms with van der Waals surface area (Å²) in [6.45, 7) is 5.05. The lowest BCUT2D eigenvalue weighted by Crippen LogP contribution is -2.11. The van der Waals surface area contributed by atoms with Crippen molar-refractivity contribution in [3.8, 4) is 16.9 Å². The minimum Gasteiger partial charge on any atom is -0.493 e. The molecule has 0 amide bonds. The van der Waals surface area contributed by atoms with Crippen LogP contribution in [0.5, 0.6) is 5.75 Å². The molecule has 148 valence electrons. The SMILES string of the molecule is CCCCC(CC)COc1cccc(-c2cc(C(F)Br)ccc2C(F)Br)c1. The van der Waals surface area contributed by atoms with E-state index >= 15 is 0 Å². The Morgan fingerprint density at radius 3 is 2.41 bits per heavy atom. The van der Waals surface area contributed by atoms with Crippen LogP contribution in [-0.4, -0.2) is 6.61 Å². The van der Waals surface area contributed by atoms with Crippen LogP contribution in [0.25, 0.3) is 11.1 Å². The van der Waals surface area contributed by atoms with Gasteiger partial charge in [0.25, 0.3) is 0 Å². The van der Waals surface area contributed by atoms with E-state index < -0.39 is 10.2 Å². The molecule has 2 aromatic rings. The first-order chi connectivity index (χ1) is 13.0. The highest BCUT2D eigenvalue weighted by Crippen LogP contribution is 2.38. The van der Waals surface area contributed by atoms with Crippen LogP contribution in [0.2, 0.25) is 0 Å². The largest absolute Gasteiger partial charge is 0.493 e. The van der Waals surface area contributed by atoms with E-state index in [1.54, 1.807) is 18.2 Å². The van der Waals surface area contributed by atoms with Gasteiger partial charge in [-0.2, -0.15) is 0 Å². The molecule has 0 aliphatic carbocycles. The Kier molecular flexibility index (Phi) is 9.24. The number of hydrogen-bond donors (Lipinski definition) is 0. The molecule has 0 N–H and O–H groups in total. The van der Waals surface area contributed by atoms with Crippen LogP contribution in [0.15, 0.2) is 42.5 Å². The third-order valence-corrected chi connectivity index (χ3v) is 5.76. The lowest BCUT2D eigenvalue weighted by Gasteiger charge is -2.17. The lowest BCUT2D eigenvalue weighted by molar-refractivity contribution is 0.233. The zero-order chi connectivity index (χ0) is 19.8. The molecular formula is C22H26Br2F2O. The zero-order valence-corrected chi connectivity index (χ0v) is 18.9. The summed E-state index contributed by atoms with van der Waals surface area (Å²) < 4.78 is 33.7. The fourth-order valence-electron chi connectivity index (χ4n) is 3.02. The molecule has 0 saturated heterocycles. The summed E-state index contributed by atoms with van der Waals surface area (Å²) in [5, 5.41) is -2.61. The first-order valence-electron chi connectivity index (χ1n) is 9.39. The second kappa shape index (κ2) is 11.2. The maximum absolute atomic E-state index is 14.0. The Bertz CT molecular complexity index is 719. The molecular weight excluding hydrogens is 478 g/mol. The molecule has 5 heteroatoms. The maximum atomic E-state index is 14.0. The summed E-state index contributed by atoms with van der Waals surface area (Å²) in [4.78, 5) is 0. The van der Waals surface area contributed by atoms with Crippen LogP contribution in [0.1, 0.15) is 60.8 Å². The van der Waals surface area contributed by atoms with Crippen LogP contribution in [0, 0.1) is 5.92 Å². The molecule has 1 nitrogen and oxygen atoms in total. The number of ether oxygens (including phenoxy) is 1. The van der Waals surface area contributed by atoms with Gasteiger partial charge in [-0.15, -0.1) is 0 Å². The number of unbranched alkanes of at least 4 members (excludes halogenated alkanes) is 1. The van der Waals surface area contributed by atoms with Gasteiger partial charge in [0.1, 0.15) is 5.75 Å². The highest BCUT2D eigenvalue weighted by Gasteiger charge is 2.16. The molecule has 2 rings (SSSR count). The molecule has 0 aliphatic heterocycles. The minimum absolute atomic E-state index is 0.457. The van der Waals surface area contributed by atoms with Crippen LogP contribution < -0.4 is 4.74 Å². The number of halogens is 4. The van der Waals surface area contributed by atoms with Crippen molar-refractivity contribution in [1.29, 1.82) is 0 Å². The second-order valence-corrected chi connectivity index (χ2v) is 8.31. The molecule has 0 spiro atoms. The molecule has 0 aromatic heterocycles. The van der Waals surface area contributed by atoms with Gasteiger partial charge in [0.05, 0.1) is 6.61 Å². The van der Waals surface area contributed by atoms with Crippen molar-refractivity contribution < 1.29 is 13.5 Å². The van der Waals surface area contributed by atoms with E-state index in [2.05, 4.69) is 45.7 Å². The maximum Gasteiger partial charge on any atom is 0.180 e. The van der Waals surface area contributed by atoms with Crippen molar-refractivity contribution in [2.24, 2.45) is 5.92 Å². The summed E-state index contributed by atoms with van der Waals surface area (Å²) in [6.07, 6.45) is 4.64. The first-order valence-corrected chi connectivity index (χ1v) is 11.2. The second-order valence-electron chi connectivity index (χ2n) is 6.70. The van der Waals surface area contributed by atoms with Crippen molar-refractivity contribution >= 4 is 31.9 Å². The smallest absolute Gasteiger partial charge is 0.180 e. The van der Waals surface area contributed by atoms with E-state index in [1.165, 1.54) is 12.8 Å². The topological polar surface area (TPSA) is 9.23 Å². The predicted octanol–water partition coefficient (Wildman–Crippen LogP) is 8.67. The highest BCUT2D eigenvalue weighted by molar-refractivity contribution is 9.09. The predicted molar refractivity (Wildman–Crippen MR) is 116 cm³/mol. The van der Waals surface area contributed by atoms with Crippen LogP contribution >= 0.6 is 31.9 Å². The highest BCUT2D eigenvalue weighted by atomic mass is 79.9. The monoisotopic (exact) mass is 502 g/mol. The van der Waals surface area contributed by atoms with Gasteiger partial charge >= 0.3 is 0 Å². The van der Waals surface area contributed by atoms with Gasteiger partial charge in [0.2, 0.25) is 0 Å². The van der Waals surface area contributed by atoms with E-state index in [9.17, 15) is 8.78 Å².